The van der Waals surface area contributed by atoms with Gasteiger partial charge < -0.3 is 12.9 Å². The van der Waals surface area contributed by atoms with Gasteiger partial charge in [-0.15, -0.1) is 0 Å². The number of hydrogen-bond donors (Lipinski definition) is 0. The fourth-order valence-electron chi connectivity index (χ4n) is 5.77. The number of para-hydroxylation sites is 1. The average molecular weight is 593 g/mol. The Labute approximate surface area is 251 Å². The van der Waals surface area contributed by atoms with E-state index >= 15 is 0 Å². The lowest BCUT2D eigenvalue weighted by Gasteiger charge is -2.21. The Hall–Kier alpha value is -4.81. The van der Waals surface area contributed by atoms with Gasteiger partial charge in [-0.05, 0) is 58.3 Å². The molecule has 1 heterocycles. The first-order valence-electron chi connectivity index (χ1n) is 14.2. The summed E-state index contributed by atoms with van der Waals surface area (Å²) in [5.74, 6) is 0.763. The maximum atomic E-state index is 6.76. The van der Waals surface area contributed by atoms with E-state index in [1.54, 1.807) is 0 Å². The van der Waals surface area contributed by atoms with E-state index in [0.717, 1.165) is 54.5 Å². The van der Waals surface area contributed by atoms with Gasteiger partial charge in [0.2, 0.25) is 0 Å². The van der Waals surface area contributed by atoms with E-state index in [0.29, 0.717) is 0 Å². The molecule has 0 aliphatic carbocycles. The maximum absolute atomic E-state index is 6.76. The molecule has 0 N–H and O–H groups in total. The van der Waals surface area contributed by atoms with Crippen LogP contribution in [0.4, 0.5) is 0 Å². The zero-order chi connectivity index (χ0) is 28.6. The van der Waals surface area contributed by atoms with Gasteiger partial charge in [0.05, 0.1) is 0 Å². The molecule has 0 amide bonds. The second-order valence-corrected chi connectivity index (χ2v) is 13.5. The number of hydrogen-bond acceptors (Lipinski definition) is 3. The molecule has 206 valence electrons. The highest BCUT2D eigenvalue weighted by Gasteiger charge is 2.22. The molecule has 0 aliphatic rings. The molecule has 1 aromatic heterocycles. The molecule has 0 aliphatic heterocycles. The van der Waals surface area contributed by atoms with Gasteiger partial charge in [0.15, 0.2) is 0 Å². The van der Waals surface area contributed by atoms with Crippen molar-refractivity contribution in [2.24, 2.45) is 0 Å². The fourth-order valence-corrected chi connectivity index (χ4v) is 9.27. The molecular weight excluding hydrogens is 566 g/mol. The van der Waals surface area contributed by atoms with Crippen LogP contribution in [-0.4, -0.2) is 0 Å². The molecule has 5 heteroatoms. The predicted molar refractivity (Wildman–Crippen MR) is 183 cm³/mol. The van der Waals surface area contributed by atoms with Crippen LogP contribution >= 0.6 is 16.2 Å². The largest absolute Gasteiger partial charge is 0.453 e. The van der Waals surface area contributed by atoms with E-state index in [9.17, 15) is 0 Å². The number of fused-ring (bicyclic) bond motifs is 7. The summed E-state index contributed by atoms with van der Waals surface area (Å²) in [5.41, 5.74) is 1.51. The average Bonchev–Trinajstić information content (AvgIpc) is 3.23. The van der Waals surface area contributed by atoms with Crippen molar-refractivity contribution in [3.63, 3.8) is 0 Å². The van der Waals surface area contributed by atoms with Gasteiger partial charge in [0.1, 0.15) is 16.9 Å². The monoisotopic (exact) mass is 592 g/mol. The molecule has 8 aromatic rings. The predicted octanol–water partition coefficient (Wildman–Crippen LogP) is 10.2. The molecule has 0 atom stereocenters. The zero-order valence-electron chi connectivity index (χ0n) is 23.1. The third-order valence-electron chi connectivity index (χ3n) is 7.69. The Kier molecular flexibility index (Phi) is 6.69. The van der Waals surface area contributed by atoms with Crippen LogP contribution in [0.5, 0.6) is 5.75 Å². The van der Waals surface area contributed by atoms with Crippen molar-refractivity contribution in [2.75, 3.05) is 0 Å². The molecule has 0 radical (unpaired) electrons. The van der Waals surface area contributed by atoms with Crippen molar-refractivity contribution in [2.45, 2.75) is 0 Å². The molecule has 0 bridgehead atoms. The Morgan fingerprint density at radius 1 is 0.442 bits per heavy atom. The van der Waals surface area contributed by atoms with E-state index < -0.39 is 16.2 Å². The van der Waals surface area contributed by atoms with Gasteiger partial charge in [0.25, 0.3) is 0 Å². The summed E-state index contributed by atoms with van der Waals surface area (Å²) in [7, 11) is -2.71. The molecule has 43 heavy (non-hydrogen) atoms. The van der Waals surface area contributed by atoms with Crippen molar-refractivity contribution in [3.8, 4) is 5.75 Å². The van der Waals surface area contributed by atoms with E-state index in [-0.39, 0.29) is 0 Å². The normalized spacial score (nSPS) is 11.5. The van der Waals surface area contributed by atoms with Crippen molar-refractivity contribution in [1.82, 2.24) is 0 Å². The smallest absolute Gasteiger partial charge is 0.390 e. The lowest BCUT2D eigenvalue weighted by Crippen LogP contribution is -2.21. The van der Waals surface area contributed by atoms with Gasteiger partial charge in [0, 0.05) is 16.1 Å². The Morgan fingerprint density at radius 2 is 0.907 bits per heavy atom. The highest BCUT2D eigenvalue weighted by molar-refractivity contribution is 7.80. The van der Waals surface area contributed by atoms with Crippen LogP contribution in [0.25, 0.3) is 43.5 Å². The maximum Gasteiger partial charge on any atom is 0.453 e. The second kappa shape index (κ2) is 11.1. The first kappa shape index (κ1) is 25.9. The summed E-state index contributed by atoms with van der Waals surface area (Å²) >= 11 is 0. The fraction of sp³-hybridized carbons (Fsp3) is 0. The van der Waals surface area contributed by atoms with Crippen LogP contribution in [-0.2, 0) is 0 Å². The molecule has 3 nitrogen and oxygen atoms in total. The molecule has 0 saturated carbocycles. The lowest BCUT2D eigenvalue weighted by molar-refractivity contribution is 0.500. The zero-order valence-corrected chi connectivity index (χ0v) is 24.9. The van der Waals surface area contributed by atoms with Crippen molar-refractivity contribution in [1.29, 1.82) is 0 Å². The molecule has 0 unspecified atom stereocenters. The quantitative estimate of drug-likeness (QED) is 0.187. The minimum Gasteiger partial charge on any atom is -0.390 e. The van der Waals surface area contributed by atoms with Crippen molar-refractivity contribution < 1.29 is 12.9 Å². The standard InChI is InChI=1S/C38H26O3P2/c1-3-15-29(16-4-1)42(30-17-5-2-6-18-30)36-22-12-11-21-33(36)39-43-40-34-25-23-27-13-7-9-19-31(27)37(34)38-32-20-10-8-14-28(32)24-26-35(38)41-43/h1-26H. The molecule has 0 spiro atoms. The minimum atomic E-state index is -1.83. The third-order valence-corrected chi connectivity index (χ3v) is 11.2. The highest BCUT2D eigenvalue weighted by Crippen LogP contribution is 2.43. The van der Waals surface area contributed by atoms with Crippen molar-refractivity contribution in [3.05, 3.63) is 158 Å². The second-order valence-electron chi connectivity index (χ2n) is 10.3. The number of rotatable bonds is 5. The topological polar surface area (TPSA) is 35.5 Å². The Balaban J connectivity index is 1.37. The van der Waals surface area contributed by atoms with Gasteiger partial charge in [-0.3, -0.25) is 0 Å². The molecule has 0 saturated heterocycles. The van der Waals surface area contributed by atoms with Gasteiger partial charge >= 0.3 is 8.24 Å². The highest BCUT2D eigenvalue weighted by atomic mass is 31.1. The first-order chi connectivity index (χ1) is 21.3. The lowest BCUT2D eigenvalue weighted by atomic mass is 9.99. The summed E-state index contributed by atoms with van der Waals surface area (Å²) in [4.78, 5) is 0. The summed E-state index contributed by atoms with van der Waals surface area (Å²) in [6.07, 6.45) is 0. The van der Waals surface area contributed by atoms with Crippen LogP contribution in [0.2, 0.25) is 0 Å². The minimum absolute atomic E-state index is 0.755. The SMILES string of the molecule is c1ccc(P(c2ccccc2)c2ccccc2Op2oc3ccc4ccccc4c3c3c(ccc4ccccc43)o2)cc1. The summed E-state index contributed by atoms with van der Waals surface area (Å²) in [6, 6.07) is 54.7. The third kappa shape index (κ3) is 4.78. The molecular formula is C38H26O3P2. The summed E-state index contributed by atoms with van der Waals surface area (Å²) in [5, 5.41) is 10.2. The van der Waals surface area contributed by atoms with Gasteiger partial charge in [-0.1, -0.05) is 140 Å². The van der Waals surface area contributed by atoms with E-state index in [4.69, 9.17) is 12.9 Å². The van der Waals surface area contributed by atoms with E-state index in [1.807, 2.05) is 24.3 Å². The number of benzene rings is 7. The Morgan fingerprint density at radius 3 is 1.47 bits per heavy atom. The molecule has 8 rings (SSSR count). The van der Waals surface area contributed by atoms with Gasteiger partial charge in [-0.25, -0.2) is 0 Å². The van der Waals surface area contributed by atoms with E-state index in [1.165, 1.54) is 10.6 Å². The van der Waals surface area contributed by atoms with Crippen LogP contribution in [0.15, 0.2) is 166 Å². The van der Waals surface area contributed by atoms with Crippen molar-refractivity contribution >= 4 is 75.6 Å². The van der Waals surface area contributed by atoms with Crippen LogP contribution in [0.1, 0.15) is 0 Å². The van der Waals surface area contributed by atoms with Crippen LogP contribution < -0.4 is 20.4 Å². The summed E-state index contributed by atoms with van der Waals surface area (Å²) < 4.78 is 20.1. The van der Waals surface area contributed by atoms with Gasteiger partial charge in [-0.2, -0.15) is 0 Å². The first-order valence-corrected chi connectivity index (χ1v) is 16.6. The Bertz CT molecular complexity index is 2140. The molecule has 0 fully saturated rings. The van der Waals surface area contributed by atoms with Crippen LogP contribution in [0, 0.1) is 0 Å². The van der Waals surface area contributed by atoms with E-state index in [2.05, 4.69) is 133 Å². The summed E-state index contributed by atoms with van der Waals surface area (Å²) in [6.45, 7) is 0. The van der Waals surface area contributed by atoms with Crippen LogP contribution in [0.3, 0.4) is 0 Å². The molecule has 7 aromatic carbocycles.